The number of nitrogens with zero attached hydrogens (tertiary/aromatic N) is 2. The van der Waals surface area contributed by atoms with Crippen LogP contribution in [0.1, 0.15) is 16.1 Å². The minimum absolute atomic E-state index is 0. The Balaban J connectivity index is 0.00000192. The smallest absolute Gasteiger partial charge is 0.264 e. The van der Waals surface area contributed by atoms with Gasteiger partial charge < -0.3 is 19.5 Å². The van der Waals surface area contributed by atoms with Crippen LogP contribution in [0.5, 0.6) is 0 Å². The second-order valence-corrected chi connectivity index (χ2v) is 6.37. The maximum absolute atomic E-state index is 12.5. The number of nitrogens with one attached hydrogen (secondary N) is 1. The van der Waals surface area contributed by atoms with Gasteiger partial charge in [0.15, 0.2) is 0 Å². The number of carbonyl (C=O) groups is 2. The number of piperazine rings is 1. The molecule has 2 aromatic rings. The van der Waals surface area contributed by atoms with Crippen LogP contribution in [0.2, 0.25) is 0 Å². The van der Waals surface area contributed by atoms with Gasteiger partial charge in [0, 0.05) is 45.2 Å². The van der Waals surface area contributed by atoms with E-state index < -0.39 is 0 Å². The molecule has 23 heavy (non-hydrogen) atoms. The van der Waals surface area contributed by atoms with E-state index in [1.54, 1.807) is 12.3 Å². The first-order chi connectivity index (χ1) is 10.7. The summed E-state index contributed by atoms with van der Waals surface area (Å²) in [5, 5.41) is 2.98. The summed E-state index contributed by atoms with van der Waals surface area (Å²) < 4.78 is 6.29. The first kappa shape index (κ1) is 17.8. The van der Waals surface area contributed by atoms with Gasteiger partial charge in [0.1, 0.15) is 5.58 Å². The van der Waals surface area contributed by atoms with Crippen LogP contribution in [0.25, 0.3) is 10.3 Å². The van der Waals surface area contributed by atoms with Gasteiger partial charge in [-0.15, -0.1) is 23.7 Å². The van der Waals surface area contributed by atoms with Gasteiger partial charge in [-0.1, -0.05) is 0 Å². The monoisotopic (exact) mass is 357 g/mol. The lowest BCUT2D eigenvalue weighted by atomic mass is 10.2. The molecule has 0 radical (unpaired) electrons. The third kappa shape index (κ3) is 3.85. The molecule has 3 heterocycles. The molecule has 8 heteroatoms. The van der Waals surface area contributed by atoms with Gasteiger partial charge in [-0.3, -0.25) is 9.59 Å². The Morgan fingerprint density at radius 2 is 1.96 bits per heavy atom. The van der Waals surface area contributed by atoms with Gasteiger partial charge in [0.25, 0.3) is 5.91 Å². The summed E-state index contributed by atoms with van der Waals surface area (Å²) in [5.41, 5.74) is 0.759. The van der Waals surface area contributed by atoms with E-state index in [1.807, 2.05) is 22.9 Å². The van der Waals surface area contributed by atoms with E-state index in [0.717, 1.165) is 10.3 Å². The fourth-order valence-electron chi connectivity index (χ4n) is 2.58. The number of hydrogen-bond acceptors (Lipinski definition) is 5. The highest BCUT2D eigenvalue weighted by molar-refractivity contribution is 7.20. The van der Waals surface area contributed by atoms with Crippen molar-refractivity contribution in [3.05, 3.63) is 23.3 Å². The van der Waals surface area contributed by atoms with E-state index >= 15 is 0 Å². The molecule has 0 aromatic carbocycles. The van der Waals surface area contributed by atoms with Crippen molar-refractivity contribution in [3.8, 4) is 0 Å². The molecule has 1 aliphatic rings. The first-order valence-electron chi connectivity index (χ1n) is 7.37. The number of fused-ring (bicyclic) bond motifs is 1. The number of thiophene rings is 1. The molecule has 0 bridgehead atoms. The molecule has 126 valence electrons. The minimum Gasteiger partial charge on any atom is -0.463 e. The number of hydrogen-bond donors (Lipinski definition) is 1. The predicted octanol–water partition coefficient (Wildman–Crippen LogP) is 1.81. The van der Waals surface area contributed by atoms with Gasteiger partial charge in [-0.25, -0.2) is 0 Å². The minimum atomic E-state index is 0. The molecule has 1 N–H and O–H groups in total. The van der Waals surface area contributed by atoms with E-state index in [4.69, 9.17) is 4.42 Å². The van der Waals surface area contributed by atoms with Crippen molar-refractivity contribution >= 4 is 45.8 Å². The molecule has 3 rings (SSSR count). The topological polar surface area (TPSA) is 65.8 Å². The molecule has 1 aliphatic heterocycles. The van der Waals surface area contributed by atoms with E-state index in [9.17, 15) is 9.59 Å². The summed E-state index contributed by atoms with van der Waals surface area (Å²) in [6.45, 7) is 3.07. The number of halogens is 1. The first-order valence-corrected chi connectivity index (χ1v) is 8.19. The van der Waals surface area contributed by atoms with Crippen molar-refractivity contribution in [1.82, 2.24) is 15.1 Å². The van der Waals surface area contributed by atoms with Gasteiger partial charge in [-0.05, 0) is 13.1 Å². The molecule has 0 unspecified atom stereocenters. The Labute approximate surface area is 144 Å². The van der Waals surface area contributed by atoms with E-state index in [0.29, 0.717) is 44.0 Å². The second kappa shape index (κ2) is 7.81. The Morgan fingerprint density at radius 3 is 2.61 bits per heavy atom. The SMILES string of the molecule is CNCCC(=O)N1CCN(C(=O)c2cc3occc3s2)CC1.Cl. The molecule has 0 saturated carbocycles. The maximum atomic E-state index is 12.5. The third-order valence-corrected chi connectivity index (χ3v) is 4.93. The largest absolute Gasteiger partial charge is 0.463 e. The van der Waals surface area contributed by atoms with Gasteiger partial charge in [0.2, 0.25) is 5.91 Å². The van der Waals surface area contributed by atoms with Crippen molar-refractivity contribution in [2.24, 2.45) is 0 Å². The number of rotatable bonds is 4. The molecule has 0 spiro atoms. The standard InChI is InChI=1S/C15H19N3O3S.ClH/c1-16-4-2-14(19)17-5-7-18(8-6-17)15(20)13-10-11-12(22-13)3-9-21-11;/h3,9-10,16H,2,4-8H2,1H3;1H. The zero-order chi connectivity index (χ0) is 15.5. The lowest BCUT2D eigenvalue weighted by Crippen LogP contribution is -2.50. The third-order valence-electron chi connectivity index (χ3n) is 3.86. The average Bonchev–Trinajstić information content (AvgIpc) is 3.13. The van der Waals surface area contributed by atoms with E-state index in [1.165, 1.54) is 11.3 Å². The Hall–Kier alpha value is -1.57. The zero-order valence-electron chi connectivity index (χ0n) is 12.9. The Bertz CT molecular complexity index is 648. The van der Waals surface area contributed by atoms with Gasteiger partial charge in [-0.2, -0.15) is 0 Å². The summed E-state index contributed by atoms with van der Waals surface area (Å²) in [6, 6.07) is 3.67. The normalized spacial score (nSPS) is 14.8. The van der Waals surface area contributed by atoms with Crippen molar-refractivity contribution < 1.29 is 14.0 Å². The van der Waals surface area contributed by atoms with Gasteiger partial charge in [0.05, 0.1) is 15.8 Å². The molecule has 0 atom stereocenters. The highest BCUT2D eigenvalue weighted by Crippen LogP contribution is 2.27. The average molecular weight is 358 g/mol. The maximum Gasteiger partial charge on any atom is 0.264 e. The predicted molar refractivity (Wildman–Crippen MR) is 92.4 cm³/mol. The molecule has 1 fully saturated rings. The summed E-state index contributed by atoms with van der Waals surface area (Å²) in [7, 11) is 1.83. The molecule has 2 aromatic heterocycles. The molecule has 0 aliphatic carbocycles. The van der Waals surface area contributed by atoms with Crippen LogP contribution < -0.4 is 5.32 Å². The number of furan rings is 1. The molecule has 2 amide bonds. The van der Waals surface area contributed by atoms with Crippen LogP contribution >= 0.6 is 23.7 Å². The number of amides is 2. The highest BCUT2D eigenvalue weighted by atomic mass is 35.5. The van der Waals surface area contributed by atoms with Crippen LogP contribution in [0, 0.1) is 0 Å². The summed E-state index contributed by atoms with van der Waals surface area (Å²) in [5.74, 6) is 0.175. The Morgan fingerprint density at radius 1 is 1.26 bits per heavy atom. The molecule has 1 saturated heterocycles. The van der Waals surface area contributed by atoms with Crippen molar-refractivity contribution in [3.63, 3.8) is 0 Å². The second-order valence-electron chi connectivity index (χ2n) is 5.29. The fourth-order valence-corrected chi connectivity index (χ4v) is 3.53. The Kier molecular flexibility index (Phi) is 6.04. The quantitative estimate of drug-likeness (QED) is 0.906. The van der Waals surface area contributed by atoms with Crippen LogP contribution in [-0.4, -0.2) is 61.4 Å². The van der Waals surface area contributed by atoms with Crippen LogP contribution in [0.4, 0.5) is 0 Å². The van der Waals surface area contributed by atoms with E-state index in [2.05, 4.69) is 5.32 Å². The van der Waals surface area contributed by atoms with Crippen molar-refractivity contribution in [2.45, 2.75) is 6.42 Å². The summed E-state index contributed by atoms with van der Waals surface area (Å²) in [4.78, 5) is 28.8. The summed E-state index contributed by atoms with van der Waals surface area (Å²) in [6.07, 6.45) is 2.14. The van der Waals surface area contributed by atoms with Crippen molar-refractivity contribution in [1.29, 1.82) is 0 Å². The molecular formula is C15H20ClN3O3S. The molecule has 6 nitrogen and oxygen atoms in total. The highest BCUT2D eigenvalue weighted by Gasteiger charge is 2.25. The van der Waals surface area contributed by atoms with Gasteiger partial charge >= 0.3 is 0 Å². The van der Waals surface area contributed by atoms with Crippen LogP contribution in [0.3, 0.4) is 0 Å². The van der Waals surface area contributed by atoms with Crippen LogP contribution in [0.15, 0.2) is 22.8 Å². The summed E-state index contributed by atoms with van der Waals surface area (Å²) >= 11 is 1.45. The van der Waals surface area contributed by atoms with Crippen molar-refractivity contribution in [2.75, 3.05) is 39.8 Å². The zero-order valence-corrected chi connectivity index (χ0v) is 14.5. The lowest BCUT2D eigenvalue weighted by Gasteiger charge is -2.34. The van der Waals surface area contributed by atoms with E-state index in [-0.39, 0.29) is 24.2 Å². The number of carbonyl (C=O) groups excluding carboxylic acids is 2. The lowest BCUT2D eigenvalue weighted by molar-refractivity contribution is -0.132. The fraction of sp³-hybridized carbons (Fsp3) is 0.467. The molecular weight excluding hydrogens is 338 g/mol. The van der Waals surface area contributed by atoms with Crippen LogP contribution in [-0.2, 0) is 4.79 Å².